The van der Waals surface area contributed by atoms with Crippen LogP contribution in [0.25, 0.3) is 22.4 Å². The molecule has 9 nitrogen and oxygen atoms in total. The molecule has 35 heavy (non-hydrogen) atoms. The Hall–Kier alpha value is -4.31. The molecule has 1 amide bonds. The summed E-state index contributed by atoms with van der Waals surface area (Å²) in [6.07, 6.45) is 0. The van der Waals surface area contributed by atoms with E-state index >= 15 is 0 Å². The number of nitro groups is 1. The number of imidazole rings is 1. The number of nitrogens with zero attached hydrogens (tertiary/aromatic N) is 4. The van der Waals surface area contributed by atoms with Crippen molar-refractivity contribution in [2.45, 2.75) is 0 Å². The molecule has 1 heterocycles. The van der Waals surface area contributed by atoms with Crippen LogP contribution in [-0.4, -0.2) is 59.3 Å². The quantitative estimate of drug-likeness (QED) is 0.233. The number of hydrogen-bond acceptors (Lipinski definition) is 5. The second-order valence-electron chi connectivity index (χ2n) is 9.05. The first-order chi connectivity index (χ1) is 16.6. The topological polar surface area (TPSA) is 99.3 Å². The number of likely N-dealkylation sites (N-methyl/N-ethyl adjacent to an activating group) is 1. The predicted octanol–water partition coefficient (Wildman–Crippen LogP) is 4.14. The smallest absolute Gasteiger partial charge is 0.271 e. The number of benzene rings is 3. The number of rotatable bonds is 8. The molecule has 0 spiro atoms. The van der Waals surface area contributed by atoms with Gasteiger partial charge < -0.3 is 14.6 Å². The van der Waals surface area contributed by atoms with Gasteiger partial charge in [0.05, 0.1) is 31.6 Å². The average molecular weight is 479 g/mol. The van der Waals surface area contributed by atoms with Crippen LogP contribution in [0.3, 0.4) is 0 Å². The Kier molecular flexibility index (Phi) is 6.48. The number of non-ortho nitro benzene ring substituents is 1. The van der Waals surface area contributed by atoms with E-state index in [1.165, 1.54) is 41.1 Å². The molecule has 3 aromatic carbocycles. The van der Waals surface area contributed by atoms with Crippen LogP contribution in [0.4, 0.5) is 15.8 Å². The Bertz CT molecular complexity index is 1380. The van der Waals surface area contributed by atoms with Crippen LogP contribution in [0.1, 0.15) is 10.4 Å². The minimum atomic E-state index is -0.457. The number of aromatic nitrogens is 2. The van der Waals surface area contributed by atoms with Crippen LogP contribution in [0.2, 0.25) is 0 Å². The average Bonchev–Trinajstić information content (AvgIpc) is 3.17. The first kappa shape index (κ1) is 23.8. The number of fused-ring (bicyclic) bond motifs is 1. The molecule has 0 saturated carbocycles. The van der Waals surface area contributed by atoms with Gasteiger partial charge in [0.2, 0.25) is 0 Å². The molecule has 0 unspecified atom stereocenters. The summed E-state index contributed by atoms with van der Waals surface area (Å²) in [4.78, 5) is 33.9. The van der Waals surface area contributed by atoms with Gasteiger partial charge >= 0.3 is 0 Å². The summed E-state index contributed by atoms with van der Waals surface area (Å²) in [7, 11) is 6.13. The van der Waals surface area contributed by atoms with Gasteiger partial charge in [-0.2, -0.15) is 4.73 Å². The summed E-state index contributed by atoms with van der Waals surface area (Å²) in [5.41, 5.74) is 2.58. The van der Waals surface area contributed by atoms with E-state index in [2.05, 4.69) is 10.3 Å². The summed E-state index contributed by atoms with van der Waals surface area (Å²) in [5.74, 6) is -0.290. The monoisotopic (exact) mass is 478 g/mol. The van der Waals surface area contributed by atoms with Gasteiger partial charge in [0.15, 0.2) is 12.4 Å². The van der Waals surface area contributed by atoms with Crippen LogP contribution in [0.5, 0.6) is 0 Å². The predicted molar refractivity (Wildman–Crippen MR) is 131 cm³/mol. The minimum absolute atomic E-state index is 0.0562. The molecule has 0 bridgehead atoms. The maximum atomic E-state index is 13.1. The second-order valence-corrected chi connectivity index (χ2v) is 9.05. The summed E-state index contributed by atoms with van der Waals surface area (Å²) >= 11 is 0. The Morgan fingerprint density at radius 3 is 2.40 bits per heavy atom. The van der Waals surface area contributed by atoms with Crippen molar-refractivity contribution >= 4 is 28.3 Å². The summed E-state index contributed by atoms with van der Waals surface area (Å²) in [6, 6.07) is 16.7. The third-order valence-corrected chi connectivity index (χ3v) is 5.30. The number of halogens is 1. The van der Waals surface area contributed by atoms with Crippen LogP contribution >= 0.6 is 0 Å². The maximum absolute atomic E-state index is 13.1. The van der Waals surface area contributed by atoms with Gasteiger partial charge in [-0.15, -0.1) is 0 Å². The molecule has 1 N–H and O–H groups in total. The zero-order chi connectivity index (χ0) is 25.2. The van der Waals surface area contributed by atoms with Crippen LogP contribution in [0.15, 0.2) is 66.7 Å². The van der Waals surface area contributed by atoms with E-state index in [0.717, 1.165) is 0 Å². The van der Waals surface area contributed by atoms with Gasteiger partial charge in [-0.3, -0.25) is 14.9 Å². The largest absolute Gasteiger partial charge is 0.406 e. The number of nitro benzene ring substituents is 1. The van der Waals surface area contributed by atoms with Gasteiger partial charge in [-0.1, -0.05) is 0 Å². The zero-order valence-corrected chi connectivity index (χ0v) is 19.6. The molecule has 0 radical (unpaired) electrons. The van der Waals surface area contributed by atoms with Gasteiger partial charge in [0, 0.05) is 28.9 Å². The number of carbonyl (C=O) groups excluding carboxylic acids is 1. The first-order valence-corrected chi connectivity index (χ1v) is 10.9. The van der Waals surface area contributed by atoms with E-state index < -0.39 is 10.7 Å². The Balaban J connectivity index is 1.63. The van der Waals surface area contributed by atoms with Crippen molar-refractivity contribution in [2.75, 3.05) is 39.6 Å². The highest BCUT2D eigenvalue weighted by Crippen LogP contribution is 2.28. The van der Waals surface area contributed by atoms with E-state index in [4.69, 9.17) is 4.84 Å². The maximum Gasteiger partial charge on any atom is 0.271 e. The molecule has 4 aromatic rings. The van der Waals surface area contributed by atoms with E-state index in [1.807, 2.05) is 21.1 Å². The third kappa shape index (κ3) is 5.61. The van der Waals surface area contributed by atoms with Crippen LogP contribution in [0, 0.1) is 15.9 Å². The highest BCUT2D eigenvalue weighted by Gasteiger charge is 2.19. The van der Waals surface area contributed by atoms with Crippen LogP contribution in [-0.2, 0) is 0 Å². The van der Waals surface area contributed by atoms with Gasteiger partial charge in [-0.05, 0) is 54.6 Å². The molecular formula is C25H25FN5O4+. The Morgan fingerprint density at radius 1 is 1.09 bits per heavy atom. The first-order valence-electron chi connectivity index (χ1n) is 10.9. The lowest BCUT2D eigenvalue weighted by molar-refractivity contribution is -0.870. The molecule has 0 fully saturated rings. The van der Waals surface area contributed by atoms with Crippen molar-refractivity contribution in [1.29, 1.82) is 0 Å². The standard InChI is InChI=1S/C25H24FN5O4/c1-31(2,3)14-15-35-29-23-16-21(30(33)34)12-13-22(23)28-24(29)17-6-10-20(11-7-17)27-25(32)18-4-8-19(26)9-5-18/h4-13,16H,14-15H2,1-3H3/p+1. The Morgan fingerprint density at radius 2 is 1.77 bits per heavy atom. The van der Waals surface area contributed by atoms with Crippen molar-refractivity contribution in [1.82, 2.24) is 9.71 Å². The molecule has 1 aromatic heterocycles. The van der Waals surface area contributed by atoms with E-state index in [-0.39, 0.29) is 11.6 Å². The summed E-state index contributed by atoms with van der Waals surface area (Å²) < 4.78 is 15.3. The van der Waals surface area contributed by atoms with Gasteiger partial charge in [0.25, 0.3) is 11.6 Å². The fourth-order valence-electron chi connectivity index (χ4n) is 3.38. The number of carbonyl (C=O) groups is 1. The summed E-state index contributed by atoms with van der Waals surface area (Å²) in [5, 5.41) is 14.1. The molecule has 180 valence electrons. The van der Waals surface area contributed by atoms with E-state index in [0.29, 0.717) is 51.3 Å². The summed E-state index contributed by atoms with van der Waals surface area (Å²) in [6.45, 7) is 1.08. The fraction of sp³-hybridized carbons (Fsp3) is 0.200. The number of quaternary nitrogens is 1. The second kappa shape index (κ2) is 9.51. The van der Waals surface area contributed by atoms with Crippen molar-refractivity contribution in [3.8, 4) is 11.4 Å². The third-order valence-electron chi connectivity index (χ3n) is 5.30. The van der Waals surface area contributed by atoms with E-state index in [1.54, 1.807) is 30.3 Å². The van der Waals surface area contributed by atoms with Gasteiger partial charge in [0.1, 0.15) is 17.9 Å². The molecule has 0 aliphatic rings. The lowest BCUT2D eigenvalue weighted by atomic mass is 10.1. The normalized spacial score (nSPS) is 11.4. The van der Waals surface area contributed by atoms with Crippen LogP contribution < -0.4 is 10.2 Å². The lowest BCUT2D eigenvalue weighted by Gasteiger charge is -2.23. The molecular weight excluding hydrogens is 453 g/mol. The minimum Gasteiger partial charge on any atom is -0.406 e. The number of nitrogens with one attached hydrogen (secondary N) is 1. The van der Waals surface area contributed by atoms with Crippen molar-refractivity contribution in [3.63, 3.8) is 0 Å². The highest BCUT2D eigenvalue weighted by atomic mass is 19.1. The molecule has 0 atom stereocenters. The molecule has 0 saturated heterocycles. The molecule has 0 aliphatic heterocycles. The van der Waals surface area contributed by atoms with Crippen molar-refractivity contribution in [2.24, 2.45) is 0 Å². The highest BCUT2D eigenvalue weighted by molar-refractivity contribution is 6.04. The van der Waals surface area contributed by atoms with Crippen molar-refractivity contribution < 1.29 is 23.4 Å². The number of hydrogen-bond donors (Lipinski definition) is 1. The SMILES string of the molecule is C[N+](C)(C)CCOn1c(-c2ccc(NC(=O)c3ccc(F)cc3)cc2)nc2ccc([N+](=O)[O-])cc21. The zero-order valence-electron chi connectivity index (χ0n) is 19.6. The lowest BCUT2D eigenvalue weighted by Crippen LogP contribution is -2.39. The number of amides is 1. The fourth-order valence-corrected chi connectivity index (χ4v) is 3.38. The van der Waals surface area contributed by atoms with E-state index in [9.17, 15) is 19.3 Å². The van der Waals surface area contributed by atoms with Gasteiger partial charge in [-0.25, -0.2) is 9.37 Å². The molecule has 4 rings (SSSR count). The molecule has 0 aliphatic carbocycles. The molecule has 10 heteroatoms. The Labute approximate surface area is 201 Å². The number of anilines is 1. The van der Waals surface area contributed by atoms with Crippen molar-refractivity contribution in [3.05, 3.63) is 88.2 Å².